The zero-order chi connectivity index (χ0) is 18.8. The molecule has 1 heterocycles. The summed E-state index contributed by atoms with van der Waals surface area (Å²) in [5.74, 6) is 3.14. The van der Waals surface area contributed by atoms with E-state index in [1.54, 1.807) is 14.2 Å². The van der Waals surface area contributed by atoms with Crippen molar-refractivity contribution in [3.8, 4) is 11.5 Å². The molecular weight excluding hydrogens is 328 g/mol. The number of nitrogens with one attached hydrogen (secondary N) is 2. The molecule has 0 radical (unpaired) electrons. The van der Waals surface area contributed by atoms with Crippen LogP contribution in [0.5, 0.6) is 11.5 Å². The fourth-order valence-electron chi connectivity index (χ4n) is 3.17. The van der Waals surface area contributed by atoms with Gasteiger partial charge in [-0.3, -0.25) is 4.99 Å². The Labute approximate surface area is 158 Å². The zero-order valence-corrected chi connectivity index (χ0v) is 16.7. The van der Waals surface area contributed by atoms with Crippen LogP contribution in [-0.4, -0.2) is 64.9 Å². The molecule has 0 atom stereocenters. The van der Waals surface area contributed by atoms with Gasteiger partial charge in [-0.25, -0.2) is 0 Å². The van der Waals surface area contributed by atoms with Crippen LogP contribution in [0.15, 0.2) is 23.2 Å². The molecule has 6 heteroatoms. The molecule has 1 aromatic carbocycles. The molecule has 0 saturated carbocycles. The normalized spacial score (nSPS) is 16.4. The first kappa shape index (κ1) is 20.4. The van der Waals surface area contributed by atoms with Crippen LogP contribution in [0.1, 0.15) is 25.3 Å². The van der Waals surface area contributed by atoms with Gasteiger partial charge >= 0.3 is 0 Å². The highest BCUT2D eigenvalue weighted by Gasteiger charge is 2.16. The molecule has 2 N–H and O–H groups in total. The van der Waals surface area contributed by atoms with Crippen molar-refractivity contribution in [3.63, 3.8) is 0 Å². The van der Waals surface area contributed by atoms with E-state index in [9.17, 15) is 0 Å². The van der Waals surface area contributed by atoms with Crippen LogP contribution in [0.3, 0.4) is 0 Å². The van der Waals surface area contributed by atoms with Crippen LogP contribution in [-0.2, 0) is 6.42 Å². The predicted octanol–water partition coefficient (Wildman–Crippen LogP) is 2.14. The fourth-order valence-corrected chi connectivity index (χ4v) is 3.17. The van der Waals surface area contributed by atoms with Crippen LogP contribution >= 0.6 is 0 Å². The minimum absolute atomic E-state index is 0.701. The summed E-state index contributed by atoms with van der Waals surface area (Å²) in [6.45, 7) is 7.07. The lowest BCUT2D eigenvalue weighted by molar-refractivity contribution is 0.223. The maximum absolute atomic E-state index is 5.37. The van der Waals surface area contributed by atoms with Gasteiger partial charge in [-0.1, -0.05) is 6.07 Å². The average molecular weight is 363 g/mol. The fraction of sp³-hybridized carbons (Fsp3) is 0.650. The van der Waals surface area contributed by atoms with Crippen molar-refractivity contribution < 1.29 is 9.47 Å². The van der Waals surface area contributed by atoms with Gasteiger partial charge in [0.2, 0.25) is 0 Å². The molecule has 0 bridgehead atoms. The number of likely N-dealkylation sites (tertiary alicyclic amines) is 1. The Balaban J connectivity index is 1.83. The molecule has 146 valence electrons. The van der Waals surface area contributed by atoms with Crippen molar-refractivity contribution in [3.05, 3.63) is 23.8 Å². The van der Waals surface area contributed by atoms with Crippen LogP contribution < -0.4 is 20.1 Å². The molecule has 1 fully saturated rings. The van der Waals surface area contributed by atoms with E-state index in [2.05, 4.69) is 35.6 Å². The molecule has 6 nitrogen and oxygen atoms in total. The summed E-state index contributed by atoms with van der Waals surface area (Å²) in [6.07, 6.45) is 3.38. The Morgan fingerprint density at radius 1 is 1.15 bits per heavy atom. The van der Waals surface area contributed by atoms with Gasteiger partial charge in [0.1, 0.15) is 0 Å². The molecule has 0 spiro atoms. The molecule has 26 heavy (non-hydrogen) atoms. The molecule has 1 saturated heterocycles. The van der Waals surface area contributed by atoms with Gasteiger partial charge in [0, 0.05) is 19.6 Å². The smallest absolute Gasteiger partial charge is 0.191 e. The summed E-state index contributed by atoms with van der Waals surface area (Å²) in [5, 5.41) is 6.78. The SMILES string of the molecule is CCNC(=NCC1CCN(C)CC1)NCCc1ccc(OC)c(OC)c1. The predicted molar refractivity (Wildman–Crippen MR) is 107 cm³/mol. The highest BCUT2D eigenvalue weighted by molar-refractivity contribution is 5.79. The van der Waals surface area contributed by atoms with E-state index in [-0.39, 0.29) is 0 Å². The van der Waals surface area contributed by atoms with Crippen LogP contribution in [0.2, 0.25) is 0 Å². The van der Waals surface area contributed by atoms with Crippen molar-refractivity contribution in [2.24, 2.45) is 10.9 Å². The lowest BCUT2D eigenvalue weighted by Crippen LogP contribution is -2.39. The Kier molecular flexibility index (Phi) is 8.54. The van der Waals surface area contributed by atoms with Gasteiger partial charge in [0.25, 0.3) is 0 Å². The van der Waals surface area contributed by atoms with Gasteiger partial charge in [0.15, 0.2) is 17.5 Å². The first-order valence-electron chi connectivity index (χ1n) is 9.57. The van der Waals surface area contributed by atoms with Crippen molar-refractivity contribution in [1.82, 2.24) is 15.5 Å². The maximum atomic E-state index is 5.37. The van der Waals surface area contributed by atoms with Crippen molar-refractivity contribution in [2.75, 3.05) is 54.0 Å². The quantitative estimate of drug-likeness (QED) is 0.548. The minimum atomic E-state index is 0.701. The van der Waals surface area contributed by atoms with Gasteiger partial charge in [-0.05, 0) is 69.9 Å². The van der Waals surface area contributed by atoms with E-state index in [0.717, 1.165) is 43.5 Å². The summed E-state index contributed by atoms with van der Waals surface area (Å²) < 4.78 is 10.7. The van der Waals surface area contributed by atoms with Crippen LogP contribution in [0.25, 0.3) is 0 Å². The molecule has 0 aromatic heterocycles. The highest BCUT2D eigenvalue weighted by Crippen LogP contribution is 2.27. The van der Waals surface area contributed by atoms with Crippen LogP contribution in [0.4, 0.5) is 0 Å². The molecule has 0 unspecified atom stereocenters. The number of rotatable bonds is 8. The molecular formula is C20H34N4O2. The van der Waals surface area contributed by atoms with Crippen molar-refractivity contribution in [1.29, 1.82) is 0 Å². The largest absolute Gasteiger partial charge is 0.493 e. The lowest BCUT2D eigenvalue weighted by atomic mass is 9.97. The monoisotopic (exact) mass is 362 g/mol. The van der Waals surface area contributed by atoms with E-state index >= 15 is 0 Å². The molecule has 0 amide bonds. The van der Waals surface area contributed by atoms with E-state index in [4.69, 9.17) is 14.5 Å². The second-order valence-corrected chi connectivity index (χ2v) is 6.83. The lowest BCUT2D eigenvalue weighted by Gasteiger charge is -2.28. The zero-order valence-electron chi connectivity index (χ0n) is 16.7. The number of piperidine rings is 1. The highest BCUT2D eigenvalue weighted by atomic mass is 16.5. The maximum Gasteiger partial charge on any atom is 0.191 e. The summed E-state index contributed by atoms with van der Waals surface area (Å²) in [4.78, 5) is 7.18. The molecule has 1 aliphatic heterocycles. The third kappa shape index (κ3) is 6.41. The number of hydrogen-bond acceptors (Lipinski definition) is 4. The van der Waals surface area contributed by atoms with Crippen LogP contribution in [0, 0.1) is 5.92 Å². The second-order valence-electron chi connectivity index (χ2n) is 6.83. The molecule has 0 aliphatic carbocycles. The van der Waals surface area contributed by atoms with Gasteiger partial charge in [0.05, 0.1) is 14.2 Å². The Bertz CT molecular complexity index is 569. The molecule has 2 rings (SSSR count). The topological polar surface area (TPSA) is 58.1 Å². The average Bonchev–Trinajstić information content (AvgIpc) is 2.67. The first-order valence-corrected chi connectivity index (χ1v) is 9.57. The van der Waals surface area contributed by atoms with Gasteiger partial charge < -0.3 is 25.0 Å². The van der Waals surface area contributed by atoms with E-state index in [1.807, 2.05) is 12.1 Å². The number of hydrogen-bond donors (Lipinski definition) is 2. The third-order valence-electron chi connectivity index (χ3n) is 4.84. The number of guanidine groups is 1. The first-order chi connectivity index (χ1) is 12.7. The van der Waals surface area contributed by atoms with E-state index < -0.39 is 0 Å². The standard InChI is InChI=1S/C20H34N4O2/c1-5-21-20(23-15-17-9-12-24(2)13-10-17)22-11-8-16-6-7-18(25-3)19(14-16)26-4/h6-7,14,17H,5,8-13,15H2,1-4H3,(H2,21,22,23). The minimum Gasteiger partial charge on any atom is -0.493 e. The number of nitrogens with zero attached hydrogens (tertiary/aromatic N) is 2. The summed E-state index contributed by atoms with van der Waals surface area (Å²) in [6, 6.07) is 6.06. The Morgan fingerprint density at radius 2 is 1.88 bits per heavy atom. The number of ether oxygens (including phenoxy) is 2. The number of benzene rings is 1. The Morgan fingerprint density at radius 3 is 2.54 bits per heavy atom. The number of methoxy groups -OCH3 is 2. The van der Waals surface area contributed by atoms with Gasteiger partial charge in [-0.2, -0.15) is 0 Å². The summed E-state index contributed by atoms with van der Waals surface area (Å²) >= 11 is 0. The summed E-state index contributed by atoms with van der Waals surface area (Å²) in [7, 11) is 5.51. The Hall–Kier alpha value is -1.95. The molecule has 1 aromatic rings. The second kappa shape index (κ2) is 10.9. The van der Waals surface area contributed by atoms with Crippen molar-refractivity contribution >= 4 is 5.96 Å². The summed E-state index contributed by atoms with van der Waals surface area (Å²) in [5.41, 5.74) is 1.21. The van der Waals surface area contributed by atoms with E-state index in [0.29, 0.717) is 5.92 Å². The van der Waals surface area contributed by atoms with Crippen molar-refractivity contribution in [2.45, 2.75) is 26.2 Å². The molecule has 1 aliphatic rings. The third-order valence-corrected chi connectivity index (χ3v) is 4.84. The van der Waals surface area contributed by atoms with Gasteiger partial charge in [-0.15, -0.1) is 0 Å². The number of aliphatic imine (C=N–C) groups is 1. The van der Waals surface area contributed by atoms with E-state index in [1.165, 1.54) is 31.5 Å².